The molecule has 3 rings (SSSR count). The van der Waals surface area contributed by atoms with Crippen LogP contribution in [-0.4, -0.2) is 16.0 Å². The second-order valence-corrected chi connectivity index (χ2v) is 6.04. The molecule has 0 spiro atoms. The Morgan fingerprint density at radius 2 is 2.33 bits per heavy atom. The van der Waals surface area contributed by atoms with Crippen molar-refractivity contribution in [3.63, 3.8) is 0 Å². The molecule has 1 N–H and O–H groups in total. The molecule has 96 valence electrons. The van der Waals surface area contributed by atoms with Crippen molar-refractivity contribution >= 4 is 27.4 Å². The van der Waals surface area contributed by atoms with Crippen molar-refractivity contribution in [2.75, 3.05) is 5.32 Å². The maximum Gasteiger partial charge on any atom is 0.138 e. The Kier molecular flexibility index (Phi) is 3.46. The molecular formula is C14H19N3S. The lowest BCUT2D eigenvalue weighted by Gasteiger charge is -2.29. The number of hydrogen-bond donors (Lipinski definition) is 1. The van der Waals surface area contributed by atoms with E-state index in [1.54, 1.807) is 17.7 Å². The van der Waals surface area contributed by atoms with E-state index < -0.39 is 0 Å². The average Bonchev–Trinajstić information content (AvgIpc) is 2.88. The third-order valence-corrected chi connectivity index (χ3v) is 4.78. The van der Waals surface area contributed by atoms with Crippen LogP contribution in [0.25, 0.3) is 10.2 Å². The fourth-order valence-corrected chi connectivity index (χ4v) is 3.62. The Hall–Kier alpha value is -1.16. The van der Waals surface area contributed by atoms with Crippen molar-refractivity contribution in [2.45, 2.75) is 45.1 Å². The standard InChI is InChI=1S/C14H19N3S/c1-2-10-4-3-5-11(8-10)17-13-12-6-7-18-14(12)16-9-15-13/h6-7,9-11H,2-5,8H2,1H3,(H,15,16,17). The quantitative estimate of drug-likeness (QED) is 0.905. The summed E-state index contributed by atoms with van der Waals surface area (Å²) in [6, 6.07) is 2.70. The number of nitrogens with one attached hydrogen (secondary N) is 1. The normalized spacial score (nSPS) is 24.3. The largest absolute Gasteiger partial charge is 0.367 e. The van der Waals surface area contributed by atoms with Crippen LogP contribution in [0.5, 0.6) is 0 Å². The first-order valence-corrected chi connectivity index (χ1v) is 7.69. The Bertz CT molecular complexity index is 522. The highest BCUT2D eigenvalue weighted by Gasteiger charge is 2.21. The second-order valence-electron chi connectivity index (χ2n) is 5.14. The molecule has 0 radical (unpaired) electrons. The van der Waals surface area contributed by atoms with Crippen LogP contribution >= 0.6 is 11.3 Å². The summed E-state index contributed by atoms with van der Waals surface area (Å²) in [5.41, 5.74) is 0. The molecule has 1 saturated carbocycles. The van der Waals surface area contributed by atoms with Gasteiger partial charge in [-0.1, -0.05) is 26.2 Å². The van der Waals surface area contributed by atoms with Gasteiger partial charge in [0.15, 0.2) is 0 Å². The fourth-order valence-electron chi connectivity index (χ4n) is 2.89. The molecule has 2 atom stereocenters. The van der Waals surface area contributed by atoms with Crippen molar-refractivity contribution in [1.29, 1.82) is 0 Å². The minimum atomic E-state index is 0.585. The molecule has 0 saturated heterocycles. The van der Waals surface area contributed by atoms with Crippen LogP contribution in [0.15, 0.2) is 17.8 Å². The van der Waals surface area contributed by atoms with Crippen LogP contribution in [-0.2, 0) is 0 Å². The van der Waals surface area contributed by atoms with E-state index in [4.69, 9.17) is 0 Å². The van der Waals surface area contributed by atoms with Gasteiger partial charge in [0.25, 0.3) is 0 Å². The van der Waals surface area contributed by atoms with Crippen LogP contribution in [0, 0.1) is 5.92 Å². The van der Waals surface area contributed by atoms with E-state index in [0.717, 1.165) is 16.6 Å². The lowest BCUT2D eigenvalue weighted by atomic mass is 9.84. The predicted molar refractivity (Wildman–Crippen MR) is 77.1 cm³/mol. The van der Waals surface area contributed by atoms with Crippen LogP contribution in [0.4, 0.5) is 5.82 Å². The van der Waals surface area contributed by atoms with Crippen molar-refractivity contribution < 1.29 is 0 Å². The van der Waals surface area contributed by atoms with Gasteiger partial charge in [-0.2, -0.15) is 0 Å². The highest BCUT2D eigenvalue weighted by atomic mass is 32.1. The Balaban J connectivity index is 1.77. The van der Waals surface area contributed by atoms with E-state index in [2.05, 4.69) is 33.7 Å². The molecule has 0 bridgehead atoms. The van der Waals surface area contributed by atoms with Crippen molar-refractivity contribution in [2.24, 2.45) is 5.92 Å². The first-order chi connectivity index (χ1) is 8.86. The summed E-state index contributed by atoms with van der Waals surface area (Å²) >= 11 is 1.68. The minimum Gasteiger partial charge on any atom is -0.367 e. The lowest BCUT2D eigenvalue weighted by molar-refractivity contribution is 0.327. The van der Waals surface area contributed by atoms with Gasteiger partial charge < -0.3 is 5.32 Å². The van der Waals surface area contributed by atoms with E-state index >= 15 is 0 Å². The Morgan fingerprint density at radius 3 is 3.22 bits per heavy atom. The molecule has 18 heavy (non-hydrogen) atoms. The van der Waals surface area contributed by atoms with Crippen LogP contribution in [0.3, 0.4) is 0 Å². The maximum absolute atomic E-state index is 4.41. The number of fused-ring (bicyclic) bond motifs is 1. The third kappa shape index (κ3) is 2.34. The highest BCUT2D eigenvalue weighted by molar-refractivity contribution is 7.16. The number of nitrogens with zero attached hydrogens (tertiary/aromatic N) is 2. The molecule has 0 aliphatic heterocycles. The number of thiophene rings is 1. The molecule has 2 heterocycles. The molecule has 4 heteroatoms. The molecule has 0 amide bonds. The Morgan fingerprint density at radius 1 is 1.39 bits per heavy atom. The van der Waals surface area contributed by atoms with E-state index in [0.29, 0.717) is 6.04 Å². The molecule has 2 aromatic heterocycles. The van der Waals surface area contributed by atoms with Gasteiger partial charge in [-0.3, -0.25) is 0 Å². The van der Waals surface area contributed by atoms with E-state index in [-0.39, 0.29) is 0 Å². The number of hydrogen-bond acceptors (Lipinski definition) is 4. The van der Waals surface area contributed by atoms with Gasteiger partial charge in [0.2, 0.25) is 0 Å². The Labute approximate surface area is 112 Å². The van der Waals surface area contributed by atoms with Crippen LogP contribution < -0.4 is 5.32 Å². The smallest absolute Gasteiger partial charge is 0.138 e. The monoisotopic (exact) mass is 261 g/mol. The highest BCUT2D eigenvalue weighted by Crippen LogP contribution is 2.30. The molecule has 3 nitrogen and oxygen atoms in total. The number of rotatable bonds is 3. The van der Waals surface area contributed by atoms with Gasteiger partial charge >= 0.3 is 0 Å². The summed E-state index contributed by atoms with van der Waals surface area (Å²) in [7, 11) is 0. The van der Waals surface area contributed by atoms with Crippen molar-refractivity contribution in [1.82, 2.24) is 9.97 Å². The maximum atomic E-state index is 4.41. The molecule has 2 unspecified atom stereocenters. The van der Waals surface area contributed by atoms with Crippen LogP contribution in [0.2, 0.25) is 0 Å². The molecular weight excluding hydrogens is 242 g/mol. The zero-order chi connectivity index (χ0) is 12.4. The predicted octanol–water partition coefficient (Wildman–Crippen LogP) is 4.07. The molecule has 0 aromatic carbocycles. The number of anilines is 1. The van der Waals surface area contributed by atoms with Gasteiger partial charge in [-0.05, 0) is 30.2 Å². The molecule has 1 fully saturated rings. The van der Waals surface area contributed by atoms with Gasteiger partial charge in [-0.15, -0.1) is 11.3 Å². The lowest BCUT2D eigenvalue weighted by Crippen LogP contribution is -2.27. The van der Waals surface area contributed by atoms with E-state index in [1.165, 1.54) is 37.5 Å². The summed E-state index contributed by atoms with van der Waals surface area (Å²) in [6.07, 6.45) is 8.26. The summed E-state index contributed by atoms with van der Waals surface area (Å²) in [5, 5.41) is 6.88. The van der Waals surface area contributed by atoms with E-state index in [1.807, 2.05) is 0 Å². The zero-order valence-corrected chi connectivity index (χ0v) is 11.5. The van der Waals surface area contributed by atoms with E-state index in [9.17, 15) is 0 Å². The summed E-state index contributed by atoms with van der Waals surface area (Å²) in [6.45, 7) is 2.30. The van der Waals surface area contributed by atoms with Crippen LogP contribution in [0.1, 0.15) is 39.0 Å². The topological polar surface area (TPSA) is 37.8 Å². The minimum absolute atomic E-state index is 0.585. The molecule has 1 aliphatic rings. The average molecular weight is 261 g/mol. The first kappa shape index (κ1) is 11.9. The molecule has 1 aliphatic carbocycles. The third-order valence-electron chi connectivity index (χ3n) is 3.96. The van der Waals surface area contributed by atoms with Gasteiger partial charge in [-0.25, -0.2) is 9.97 Å². The fraction of sp³-hybridized carbons (Fsp3) is 0.571. The zero-order valence-electron chi connectivity index (χ0n) is 10.7. The second kappa shape index (κ2) is 5.22. The summed E-state index contributed by atoms with van der Waals surface area (Å²) in [5.74, 6) is 1.90. The van der Waals surface area contributed by atoms with Crippen molar-refractivity contribution in [3.05, 3.63) is 17.8 Å². The van der Waals surface area contributed by atoms with Crippen molar-refractivity contribution in [3.8, 4) is 0 Å². The first-order valence-electron chi connectivity index (χ1n) is 6.81. The summed E-state index contributed by atoms with van der Waals surface area (Å²) < 4.78 is 0. The molecule has 2 aromatic rings. The van der Waals surface area contributed by atoms with Gasteiger partial charge in [0.1, 0.15) is 17.0 Å². The van der Waals surface area contributed by atoms with Gasteiger partial charge in [0.05, 0.1) is 5.39 Å². The summed E-state index contributed by atoms with van der Waals surface area (Å²) in [4.78, 5) is 9.78. The SMILES string of the molecule is CCC1CCCC(Nc2ncnc3sccc23)C1. The number of aromatic nitrogens is 2. The van der Waals surface area contributed by atoms with Gasteiger partial charge in [0, 0.05) is 6.04 Å².